The molecule has 1 aromatic carbocycles. The molecule has 0 aromatic heterocycles. The van der Waals surface area contributed by atoms with Crippen molar-refractivity contribution in [3.63, 3.8) is 0 Å². The van der Waals surface area contributed by atoms with Gasteiger partial charge in [0.05, 0.1) is 6.26 Å². The Balaban J connectivity index is 2.00. The molecule has 11 heteroatoms. The van der Waals surface area contributed by atoms with Crippen molar-refractivity contribution in [1.29, 1.82) is 0 Å². The Labute approximate surface area is 203 Å². The summed E-state index contributed by atoms with van der Waals surface area (Å²) in [6.45, 7) is 11.5. The van der Waals surface area contributed by atoms with Crippen LogP contribution >= 0.6 is 0 Å². The Morgan fingerprint density at radius 2 is 1.94 bits per heavy atom. The van der Waals surface area contributed by atoms with Crippen molar-refractivity contribution in [1.82, 2.24) is 10.0 Å². The number of piperidine rings is 1. The number of nitrogens with zero attached hydrogens (tertiary/aromatic N) is 1. The molecule has 3 N–H and O–H groups in total. The molecule has 2 fully saturated rings. The van der Waals surface area contributed by atoms with Crippen LogP contribution in [0.3, 0.4) is 0 Å². The Morgan fingerprint density at radius 1 is 1.29 bits per heavy atom. The summed E-state index contributed by atoms with van der Waals surface area (Å²) in [6, 6.07) is 4.90. The number of rotatable bonds is 8. The maximum absolute atomic E-state index is 13.0. The quantitative estimate of drug-likeness (QED) is 0.459. The molecule has 1 aromatic rings. The van der Waals surface area contributed by atoms with E-state index in [1.807, 2.05) is 18.2 Å². The third-order valence-corrected chi connectivity index (χ3v) is 12.3. The van der Waals surface area contributed by atoms with E-state index in [-0.39, 0.29) is 16.4 Å². The van der Waals surface area contributed by atoms with Crippen LogP contribution in [0.15, 0.2) is 18.2 Å². The summed E-state index contributed by atoms with van der Waals surface area (Å²) in [7, 11) is -5.58. The predicted octanol–water partition coefficient (Wildman–Crippen LogP) is 3.41. The Bertz CT molecular complexity index is 1060. The summed E-state index contributed by atoms with van der Waals surface area (Å²) in [5.41, 5.74) is 1.27. The van der Waals surface area contributed by atoms with Crippen LogP contribution in [0.5, 0.6) is 5.75 Å². The molecule has 1 atom stereocenters. The van der Waals surface area contributed by atoms with Crippen LogP contribution in [0.4, 0.5) is 10.5 Å². The highest BCUT2D eigenvalue weighted by Gasteiger charge is 2.48. The van der Waals surface area contributed by atoms with Gasteiger partial charge in [-0.15, -0.1) is 0 Å². The van der Waals surface area contributed by atoms with Gasteiger partial charge >= 0.3 is 6.09 Å². The molecular formula is C23H37N3O6SSi. The van der Waals surface area contributed by atoms with Crippen LogP contribution in [-0.4, -0.2) is 59.2 Å². The van der Waals surface area contributed by atoms with Gasteiger partial charge in [-0.25, -0.2) is 17.9 Å². The fourth-order valence-corrected chi connectivity index (χ4v) is 5.57. The van der Waals surface area contributed by atoms with Gasteiger partial charge in [0.15, 0.2) is 0 Å². The first-order valence-electron chi connectivity index (χ1n) is 11.6. The monoisotopic (exact) mass is 511 g/mol. The van der Waals surface area contributed by atoms with Crippen LogP contribution in [-0.2, 0) is 20.2 Å². The standard InChI is InChI=1S/C23H37N3O6SSi/c1-22(2,3)34(5,6)32-19-14-16(26-13-7-8-18(20(26)27)25-21(28)29)9-10-17(19)23(11-12-23)15-24-33(4,30)31/h9-10,14,18,24-25H,7-8,11-13,15H2,1-6H3,(H,28,29). The van der Waals surface area contributed by atoms with E-state index in [4.69, 9.17) is 9.53 Å². The van der Waals surface area contributed by atoms with Gasteiger partial charge < -0.3 is 19.7 Å². The summed E-state index contributed by atoms with van der Waals surface area (Å²) >= 11 is 0. The van der Waals surface area contributed by atoms with Crippen LogP contribution in [0.2, 0.25) is 18.1 Å². The molecule has 1 saturated heterocycles. The second-order valence-electron chi connectivity index (χ2n) is 11.1. The summed E-state index contributed by atoms with van der Waals surface area (Å²) in [5.74, 6) is 0.401. The molecule has 1 aliphatic carbocycles. The maximum Gasteiger partial charge on any atom is 0.405 e. The third kappa shape index (κ3) is 5.92. The average Bonchev–Trinajstić information content (AvgIpc) is 3.47. The Hall–Kier alpha value is -2.11. The SMILES string of the molecule is CC(C)(C)[Si](C)(C)Oc1cc(N2CCCC(NC(=O)O)C2=O)ccc1C1(CNS(C)(=O)=O)CC1. The minimum absolute atomic E-state index is 0.0561. The molecule has 0 radical (unpaired) electrons. The highest BCUT2D eigenvalue weighted by Crippen LogP contribution is 2.53. The van der Waals surface area contributed by atoms with Gasteiger partial charge in [0.25, 0.3) is 0 Å². The number of amides is 2. The second-order valence-corrected chi connectivity index (χ2v) is 17.6. The Morgan fingerprint density at radius 3 is 2.47 bits per heavy atom. The molecule has 9 nitrogen and oxygen atoms in total. The molecule has 1 saturated carbocycles. The number of sulfonamides is 1. The molecule has 34 heavy (non-hydrogen) atoms. The maximum atomic E-state index is 13.0. The summed E-state index contributed by atoms with van der Waals surface area (Å²) < 4.78 is 32.9. The lowest BCUT2D eigenvalue weighted by Crippen LogP contribution is -2.52. The van der Waals surface area contributed by atoms with Crippen molar-refractivity contribution in [2.75, 3.05) is 24.2 Å². The molecule has 0 bridgehead atoms. The lowest BCUT2D eigenvalue weighted by molar-refractivity contribution is -0.121. The van der Waals surface area contributed by atoms with Crippen LogP contribution in [0.25, 0.3) is 0 Å². The first-order chi connectivity index (χ1) is 15.5. The van der Waals surface area contributed by atoms with E-state index < -0.39 is 30.5 Å². The highest BCUT2D eigenvalue weighted by atomic mass is 32.2. The number of carbonyl (C=O) groups excluding carboxylic acids is 1. The van der Waals surface area contributed by atoms with Gasteiger partial charge in [0, 0.05) is 35.8 Å². The largest absolute Gasteiger partial charge is 0.543 e. The second kappa shape index (κ2) is 9.16. The number of benzene rings is 1. The first-order valence-corrected chi connectivity index (χ1v) is 16.4. The summed E-state index contributed by atoms with van der Waals surface area (Å²) in [6.07, 6.45) is 2.77. The van der Waals surface area contributed by atoms with Crippen molar-refractivity contribution >= 4 is 36.0 Å². The van der Waals surface area contributed by atoms with Crippen molar-refractivity contribution < 1.29 is 27.5 Å². The fraction of sp³-hybridized carbons (Fsp3) is 0.652. The first kappa shape index (κ1) is 26.5. The average molecular weight is 512 g/mol. The molecule has 1 unspecified atom stereocenters. The number of carbonyl (C=O) groups is 2. The number of hydrogen-bond donors (Lipinski definition) is 3. The van der Waals surface area contributed by atoms with Crippen molar-refractivity contribution in [3.05, 3.63) is 23.8 Å². The predicted molar refractivity (Wildman–Crippen MR) is 135 cm³/mol. The minimum Gasteiger partial charge on any atom is -0.543 e. The van der Waals surface area contributed by atoms with Gasteiger partial charge in [-0.1, -0.05) is 26.8 Å². The molecule has 0 spiro atoms. The van der Waals surface area contributed by atoms with Crippen LogP contribution in [0.1, 0.15) is 52.0 Å². The van der Waals surface area contributed by atoms with Gasteiger partial charge in [0.2, 0.25) is 24.2 Å². The van der Waals surface area contributed by atoms with Crippen LogP contribution in [0, 0.1) is 0 Å². The van der Waals surface area contributed by atoms with Gasteiger partial charge in [-0.3, -0.25) is 4.79 Å². The number of nitrogens with one attached hydrogen (secondary N) is 2. The zero-order valence-corrected chi connectivity index (χ0v) is 22.7. The zero-order chi connectivity index (χ0) is 25.5. The lowest BCUT2D eigenvalue weighted by Gasteiger charge is -2.38. The molecule has 2 aliphatic rings. The summed E-state index contributed by atoms with van der Waals surface area (Å²) in [5, 5.41) is 11.3. The normalized spacial score (nSPS) is 20.7. The lowest BCUT2D eigenvalue weighted by atomic mass is 9.94. The van der Waals surface area contributed by atoms with E-state index in [0.717, 1.165) is 24.7 Å². The van der Waals surface area contributed by atoms with E-state index in [1.165, 1.54) is 0 Å². The summed E-state index contributed by atoms with van der Waals surface area (Å²) in [4.78, 5) is 25.7. The molecule has 3 rings (SSSR count). The van der Waals surface area contributed by atoms with Crippen molar-refractivity contribution in [2.24, 2.45) is 0 Å². The number of anilines is 1. The van der Waals surface area contributed by atoms with Crippen molar-refractivity contribution in [2.45, 2.75) is 76.0 Å². The van der Waals surface area contributed by atoms with Gasteiger partial charge in [-0.2, -0.15) is 0 Å². The Kier molecular flexibility index (Phi) is 7.14. The molecule has 190 valence electrons. The van der Waals surface area contributed by atoms with E-state index in [2.05, 4.69) is 43.9 Å². The van der Waals surface area contributed by atoms with E-state index in [1.54, 1.807) is 4.90 Å². The van der Waals surface area contributed by atoms with Gasteiger partial charge in [-0.05, 0) is 49.9 Å². The van der Waals surface area contributed by atoms with E-state index in [0.29, 0.717) is 37.4 Å². The van der Waals surface area contributed by atoms with Crippen molar-refractivity contribution in [3.8, 4) is 5.75 Å². The van der Waals surface area contributed by atoms with Gasteiger partial charge in [0.1, 0.15) is 11.8 Å². The third-order valence-electron chi connectivity index (χ3n) is 7.28. The smallest absolute Gasteiger partial charge is 0.405 e. The van der Waals surface area contributed by atoms with Crippen LogP contribution < -0.4 is 19.4 Å². The molecule has 1 aliphatic heterocycles. The highest BCUT2D eigenvalue weighted by molar-refractivity contribution is 7.88. The topological polar surface area (TPSA) is 125 Å². The molecule has 1 heterocycles. The fourth-order valence-electron chi connectivity index (χ4n) is 4.01. The number of carboxylic acid groups (broad SMARTS) is 1. The van der Waals surface area contributed by atoms with E-state index in [9.17, 15) is 18.0 Å². The zero-order valence-electron chi connectivity index (χ0n) is 20.9. The minimum atomic E-state index is -3.34. The number of hydrogen-bond acceptors (Lipinski definition) is 5. The molecule has 2 amide bonds. The van der Waals surface area contributed by atoms with E-state index >= 15 is 0 Å². The molecular weight excluding hydrogens is 474 g/mol.